The van der Waals surface area contributed by atoms with Crippen LogP contribution in [0.2, 0.25) is 0 Å². The maximum Gasteiger partial charge on any atom is 0.407 e. The highest BCUT2D eigenvalue weighted by atomic mass is 16.5. The highest BCUT2D eigenvalue weighted by Crippen LogP contribution is 2.24. The SMILES string of the molecule is O=C(NCC(O)C(O)c1cnn([C@@H]2CCCCO2)c1)OCc1ccccc1. The van der Waals surface area contributed by atoms with E-state index in [0.717, 1.165) is 24.8 Å². The maximum absolute atomic E-state index is 11.7. The number of amides is 1. The van der Waals surface area contributed by atoms with Crippen molar-refractivity contribution in [1.29, 1.82) is 0 Å². The van der Waals surface area contributed by atoms with Gasteiger partial charge in [0.2, 0.25) is 0 Å². The molecule has 8 heteroatoms. The second-order valence-electron chi connectivity index (χ2n) is 6.53. The first kappa shape index (κ1) is 19.3. The first-order valence-corrected chi connectivity index (χ1v) is 9.10. The number of rotatable bonds is 7. The van der Waals surface area contributed by atoms with Crippen LogP contribution in [0, 0.1) is 0 Å². The summed E-state index contributed by atoms with van der Waals surface area (Å²) in [6, 6.07) is 9.29. The van der Waals surface area contributed by atoms with Crippen LogP contribution in [0.1, 0.15) is 42.7 Å². The van der Waals surface area contributed by atoms with E-state index in [9.17, 15) is 15.0 Å². The van der Waals surface area contributed by atoms with Crippen molar-refractivity contribution in [1.82, 2.24) is 15.1 Å². The third-order valence-electron chi connectivity index (χ3n) is 4.45. The van der Waals surface area contributed by atoms with Crippen LogP contribution in [-0.4, -0.2) is 45.3 Å². The molecule has 1 aliphatic heterocycles. The van der Waals surface area contributed by atoms with E-state index in [1.54, 1.807) is 10.9 Å². The molecular formula is C19H25N3O5. The van der Waals surface area contributed by atoms with Gasteiger partial charge in [-0.05, 0) is 24.8 Å². The Morgan fingerprint density at radius 2 is 2.15 bits per heavy atom. The van der Waals surface area contributed by atoms with Gasteiger partial charge in [0, 0.05) is 24.9 Å². The molecule has 2 aromatic rings. The van der Waals surface area contributed by atoms with Gasteiger partial charge in [-0.2, -0.15) is 5.10 Å². The third kappa shape index (κ3) is 5.53. The van der Waals surface area contributed by atoms with Crippen molar-refractivity contribution < 1.29 is 24.5 Å². The lowest BCUT2D eigenvalue weighted by atomic mass is 10.1. The average molecular weight is 375 g/mol. The third-order valence-corrected chi connectivity index (χ3v) is 4.45. The van der Waals surface area contributed by atoms with Crippen molar-refractivity contribution in [3.8, 4) is 0 Å². The minimum absolute atomic E-state index is 0.136. The Bertz CT molecular complexity index is 715. The molecule has 0 bridgehead atoms. The van der Waals surface area contributed by atoms with E-state index in [-0.39, 0.29) is 19.4 Å². The number of aliphatic hydroxyl groups excluding tert-OH is 2. The van der Waals surface area contributed by atoms with Crippen molar-refractivity contribution in [2.75, 3.05) is 13.2 Å². The van der Waals surface area contributed by atoms with Crippen LogP contribution >= 0.6 is 0 Å². The van der Waals surface area contributed by atoms with Gasteiger partial charge in [-0.1, -0.05) is 30.3 Å². The van der Waals surface area contributed by atoms with Gasteiger partial charge in [-0.3, -0.25) is 0 Å². The second kappa shape index (κ2) is 9.50. The van der Waals surface area contributed by atoms with Crippen LogP contribution in [0.3, 0.4) is 0 Å². The molecule has 1 saturated heterocycles. The minimum atomic E-state index is -1.18. The fourth-order valence-corrected chi connectivity index (χ4v) is 2.89. The Labute approximate surface area is 157 Å². The van der Waals surface area contributed by atoms with Crippen LogP contribution in [0.4, 0.5) is 4.79 Å². The van der Waals surface area contributed by atoms with Crippen LogP contribution in [-0.2, 0) is 16.1 Å². The number of hydrogen-bond acceptors (Lipinski definition) is 6. The highest BCUT2D eigenvalue weighted by molar-refractivity contribution is 5.67. The molecule has 2 unspecified atom stereocenters. The van der Waals surface area contributed by atoms with Crippen molar-refractivity contribution in [3.63, 3.8) is 0 Å². The van der Waals surface area contributed by atoms with Crippen molar-refractivity contribution >= 4 is 6.09 Å². The van der Waals surface area contributed by atoms with E-state index in [0.29, 0.717) is 12.2 Å². The van der Waals surface area contributed by atoms with E-state index >= 15 is 0 Å². The fourth-order valence-electron chi connectivity index (χ4n) is 2.89. The molecule has 0 saturated carbocycles. The number of ether oxygens (including phenoxy) is 2. The maximum atomic E-state index is 11.7. The van der Waals surface area contributed by atoms with Crippen molar-refractivity contribution in [2.45, 2.75) is 44.3 Å². The standard InChI is InChI=1S/C19H25N3O5/c23-16(11-20-19(25)27-13-14-6-2-1-3-7-14)18(24)15-10-21-22(12-15)17-8-4-5-9-26-17/h1-3,6-7,10,12,16-18,23-24H,4-5,8-9,11,13H2,(H,20,25)/t16?,17-,18?/m0/s1. The Hall–Kier alpha value is -2.42. The molecule has 8 nitrogen and oxygen atoms in total. The van der Waals surface area contributed by atoms with Gasteiger partial charge in [0.15, 0.2) is 0 Å². The molecule has 1 fully saturated rings. The largest absolute Gasteiger partial charge is 0.445 e. The zero-order valence-corrected chi connectivity index (χ0v) is 15.0. The molecule has 3 N–H and O–H groups in total. The lowest BCUT2D eigenvalue weighted by Crippen LogP contribution is -2.35. The summed E-state index contributed by atoms with van der Waals surface area (Å²) < 4.78 is 12.4. The molecule has 27 heavy (non-hydrogen) atoms. The average Bonchev–Trinajstić information content (AvgIpc) is 3.21. The number of hydrogen-bond donors (Lipinski definition) is 3. The summed E-state index contributed by atoms with van der Waals surface area (Å²) >= 11 is 0. The summed E-state index contributed by atoms with van der Waals surface area (Å²) in [7, 11) is 0. The number of carbonyl (C=O) groups is 1. The lowest BCUT2D eigenvalue weighted by Gasteiger charge is -2.22. The number of aliphatic hydroxyl groups is 2. The van der Waals surface area contributed by atoms with Crippen LogP contribution < -0.4 is 5.32 Å². The van der Waals surface area contributed by atoms with Crippen LogP contribution in [0.15, 0.2) is 42.7 Å². The zero-order valence-electron chi connectivity index (χ0n) is 15.0. The predicted molar refractivity (Wildman–Crippen MR) is 96.7 cm³/mol. The van der Waals surface area contributed by atoms with Crippen molar-refractivity contribution in [3.05, 3.63) is 53.9 Å². The van der Waals surface area contributed by atoms with E-state index in [1.165, 1.54) is 6.20 Å². The van der Waals surface area contributed by atoms with Crippen LogP contribution in [0.25, 0.3) is 0 Å². The summed E-state index contributed by atoms with van der Waals surface area (Å²) in [6.45, 7) is 0.694. The summed E-state index contributed by atoms with van der Waals surface area (Å²) in [4.78, 5) is 11.7. The molecule has 2 heterocycles. The Kier molecular flexibility index (Phi) is 6.80. The fraction of sp³-hybridized carbons (Fsp3) is 0.474. The van der Waals surface area contributed by atoms with Gasteiger partial charge in [-0.25, -0.2) is 9.48 Å². The zero-order chi connectivity index (χ0) is 19.1. The number of carbonyl (C=O) groups excluding carboxylic acids is 1. The number of nitrogens with one attached hydrogen (secondary N) is 1. The molecule has 1 aromatic heterocycles. The Morgan fingerprint density at radius 1 is 1.33 bits per heavy atom. The summed E-state index contributed by atoms with van der Waals surface area (Å²) in [5.74, 6) is 0. The molecule has 0 aliphatic carbocycles. The number of benzene rings is 1. The summed E-state index contributed by atoms with van der Waals surface area (Å²) in [5.41, 5.74) is 1.33. The molecule has 0 spiro atoms. The van der Waals surface area contributed by atoms with Gasteiger partial charge >= 0.3 is 6.09 Å². The second-order valence-corrected chi connectivity index (χ2v) is 6.53. The number of aromatic nitrogens is 2. The molecule has 0 radical (unpaired) electrons. The van der Waals surface area contributed by atoms with Crippen LogP contribution in [0.5, 0.6) is 0 Å². The molecule has 1 aromatic carbocycles. The normalized spacial score (nSPS) is 19.3. The minimum Gasteiger partial charge on any atom is -0.445 e. The summed E-state index contributed by atoms with van der Waals surface area (Å²) in [5, 5.41) is 27.1. The number of alkyl carbamates (subject to hydrolysis) is 1. The molecule has 1 aliphatic rings. The monoisotopic (exact) mass is 375 g/mol. The van der Waals surface area contributed by atoms with E-state index in [4.69, 9.17) is 9.47 Å². The molecular weight excluding hydrogens is 350 g/mol. The topological polar surface area (TPSA) is 106 Å². The molecule has 146 valence electrons. The van der Waals surface area contributed by atoms with Gasteiger partial charge in [0.25, 0.3) is 0 Å². The first-order valence-electron chi connectivity index (χ1n) is 9.10. The molecule has 3 rings (SSSR count). The van der Waals surface area contributed by atoms with Gasteiger partial charge in [-0.15, -0.1) is 0 Å². The Balaban J connectivity index is 1.44. The van der Waals surface area contributed by atoms with Gasteiger partial charge in [0.05, 0.1) is 6.20 Å². The Morgan fingerprint density at radius 3 is 2.89 bits per heavy atom. The van der Waals surface area contributed by atoms with E-state index < -0.39 is 18.3 Å². The number of nitrogens with zero attached hydrogens (tertiary/aromatic N) is 2. The molecule has 1 amide bonds. The van der Waals surface area contributed by atoms with Crippen molar-refractivity contribution in [2.24, 2.45) is 0 Å². The lowest BCUT2D eigenvalue weighted by molar-refractivity contribution is -0.0398. The van der Waals surface area contributed by atoms with Gasteiger partial charge in [0.1, 0.15) is 25.0 Å². The predicted octanol–water partition coefficient (Wildman–Crippen LogP) is 1.90. The molecule has 3 atom stereocenters. The first-order chi connectivity index (χ1) is 13.1. The summed E-state index contributed by atoms with van der Waals surface area (Å²) in [6.07, 6.45) is 3.00. The quantitative estimate of drug-likeness (QED) is 0.683. The van der Waals surface area contributed by atoms with E-state index in [2.05, 4.69) is 10.4 Å². The smallest absolute Gasteiger partial charge is 0.407 e. The highest BCUT2D eigenvalue weighted by Gasteiger charge is 2.23. The van der Waals surface area contributed by atoms with E-state index in [1.807, 2.05) is 30.3 Å². The van der Waals surface area contributed by atoms with Gasteiger partial charge < -0.3 is 25.0 Å².